The van der Waals surface area contributed by atoms with Crippen LogP contribution in [0, 0.1) is 0 Å². The highest BCUT2D eigenvalue weighted by molar-refractivity contribution is 7.47. The average molecular weight is 1090 g/mol. The van der Waals surface area contributed by atoms with Crippen LogP contribution in [0.25, 0.3) is 0 Å². The van der Waals surface area contributed by atoms with E-state index >= 15 is 0 Å². The first-order chi connectivity index (χ1) is 37.2. The molecule has 11 nitrogen and oxygen atoms in total. The zero-order chi connectivity index (χ0) is 55.5. The molecule has 0 heterocycles. The fourth-order valence-corrected chi connectivity index (χ4v) is 9.18. The summed E-state index contributed by atoms with van der Waals surface area (Å²) in [5, 5.41) is 9.82. The van der Waals surface area contributed by atoms with Gasteiger partial charge in [0.15, 0.2) is 6.10 Å². The second-order valence-electron chi connectivity index (χ2n) is 20.5. The molecule has 0 radical (unpaired) electrons. The van der Waals surface area contributed by atoms with Gasteiger partial charge >= 0.3 is 25.7 Å². The van der Waals surface area contributed by atoms with E-state index in [0.717, 1.165) is 96.3 Å². The van der Waals surface area contributed by atoms with Crippen LogP contribution in [0.4, 0.5) is 0 Å². The van der Waals surface area contributed by atoms with E-state index in [4.69, 9.17) is 23.3 Å². The van der Waals surface area contributed by atoms with Gasteiger partial charge in [0, 0.05) is 19.3 Å². The Kier molecular flexibility index (Phi) is 55.7. The standard InChI is InChI=1S/C64H113O11P/c1-4-7-10-13-16-19-22-25-28-30-33-35-38-41-44-47-50-53-62(66)71-57-61(75-64(68)55-52-49-46-43-40-37-34-31-29-26-23-20-17-14-11-8-5-2)59-73-76(69,70)72-58-60(56-65)74-63(67)54-51-48-45-42-39-36-32-27-24-21-18-15-12-9-6-3/h9,12,18,21,25-29,32,39,42,60-61,65H,4-8,10-11,13-17,19-20,22-24,30-31,33-38,40-41,43-59H2,1-3H3,(H,69,70)/b12-9-,21-18-,28-25-,29-26-,32-27-,42-39-. The molecule has 76 heavy (non-hydrogen) atoms. The van der Waals surface area contributed by atoms with E-state index < -0.39 is 57.8 Å². The van der Waals surface area contributed by atoms with Crippen LogP contribution in [0.3, 0.4) is 0 Å². The zero-order valence-electron chi connectivity index (χ0n) is 48.7. The predicted molar refractivity (Wildman–Crippen MR) is 316 cm³/mol. The van der Waals surface area contributed by atoms with Crippen molar-refractivity contribution in [2.24, 2.45) is 0 Å². The lowest BCUT2D eigenvalue weighted by Crippen LogP contribution is -2.30. The Balaban J connectivity index is 4.75. The molecule has 0 saturated heterocycles. The number of hydrogen-bond donors (Lipinski definition) is 2. The van der Waals surface area contributed by atoms with E-state index in [2.05, 4.69) is 93.7 Å². The third-order valence-corrected chi connectivity index (χ3v) is 14.0. The predicted octanol–water partition coefficient (Wildman–Crippen LogP) is 18.5. The third kappa shape index (κ3) is 55.7. The zero-order valence-corrected chi connectivity index (χ0v) is 49.6. The molecule has 0 aromatic heterocycles. The molecule has 0 aromatic rings. The van der Waals surface area contributed by atoms with Crippen molar-refractivity contribution in [3.8, 4) is 0 Å². The van der Waals surface area contributed by atoms with Crippen molar-refractivity contribution in [3.05, 3.63) is 72.9 Å². The first-order valence-corrected chi connectivity index (χ1v) is 32.3. The number of allylic oxidation sites excluding steroid dienone is 12. The van der Waals surface area contributed by atoms with Gasteiger partial charge in [0.25, 0.3) is 0 Å². The number of ether oxygens (including phenoxy) is 3. The number of esters is 3. The molecule has 0 amide bonds. The van der Waals surface area contributed by atoms with Gasteiger partial charge in [-0.3, -0.25) is 23.4 Å². The molecule has 0 aliphatic rings. The highest BCUT2D eigenvalue weighted by atomic mass is 31.2. The molecule has 0 aromatic carbocycles. The monoisotopic (exact) mass is 1090 g/mol. The van der Waals surface area contributed by atoms with Gasteiger partial charge in [0.05, 0.1) is 19.8 Å². The van der Waals surface area contributed by atoms with E-state index in [1.165, 1.54) is 122 Å². The van der Waals surface area contributed by atoms with E-state index in [9.17, 15) is 28.9 Å². The molecule has 440 valence electrons. The summed E-state index contributed by atoms with van der Waals surface area (Å²) in [7, 11) is -4.76. The minimum absolute atomic E-state index is 0.123. The highest BCUT2D eigenvalue weighted by Gasteiger charge is 2.28. The van der Waals surface area contributed by atoms with Gasteiger partial charge in [-0.05, 0) is 109 Å². The Morgan fingerprint density at radius 3 is 1.09 bits per heavy atom. The lowest BCUT2D eigenvalue weighted by Gasteiger charge is -2.21. The molecule has 2 N–H and O–H groups in total. The first kappa shape index (κ1) is 72.9. The molecular weight excluding hydrogens is 976 g/mol. The largest absolute Gasteiger partial charge is 0.472 e. The van der Waals surface area contributed by atoms with Crippen molar-refractivity contribution in [2.45, 2.75) is 290 Å². The van der Waals surface area contributed by atoms with Crippen LogP contribution in [0.15, 0.2) is 72.9 Å². The van der Waals surface area contributed by atoms with Crippen LogP contribution in [0.2, 0.25) is 0 Å². The third-order valence-electron chi connectivity index (χ3n) is 13.1. The number of phosphoric acid groups is 1. The van der Waals surface area contributed by atoms with Crippen LogP contribution >= 0.6 is 7.82 Å². The summed E-state index contributed by atoms with van der Waals surface area (Å²) in [4.78, 5) is 48.6. The quantitative estimate of drug-likeness (QED) is 0.0197. The summed E-state index contributed by atoms with van der Waals surface area (Å²) < 4.78 is 39.6. The van der Waals surface area contributed by atoms with Gasteiger partial charge in [0.1, 0.15) is 12.7 Å². The van der Waals surface area contributed by atoms with Gasteiger partial charge in [0.2, 0.25) is 0 Å². The Morgan fingerprint density at radius 2 is 0.684 bits per heavy atom. The Morgan fingerprint density at radius 1 is 0.382 bits per heavy atom. The minimum atomic E-state index is -4.76. The number of aliphatic hydroxyl groups is 1. The maximum Gasteiger partial charge on any atom is 0.472 e. The normalized spacial score (nSPS) is 13.8. The summed E-state index contributed by atoms with van der Waals surface area (Å²) >= 11 is 0. The van der Waals surface area contributed by atoms with Gasteiger partial charge in [-0.15, -0.1) is 0 Å². The van der Waals surface area contributed by atoms with E-state index in [1.807, 2.05) is 0 Å². The smallest absolute Gasteiger partial charge is 0.462 e. The number of carbonyl (C=O) groups is 3. The average Bonchev–Trinajstić information content (AvgIpc) is 3.41. The number of carbonyl (C=O) groups excluding carboxylic acids is 3. The molecule has 3 unspecified atom stereocenters. The van der Waals surface area contributed by atoms with Gasteiger partial charge in [-0.1, -0.05) is 222 Å². The minimum Gasteiger partial charge on any atom is -0.462 e. The van der Waals surface area contributed by atoms with Crippen LogP contribution in [0.5, 0.6) is 0 Å². The van der Waals surface area contributed by atoms with E-state index in [1.54, 1.807) is 0 Å². The van der Waals surface area contributed by atoms with Gasteiger partial charge < -0.3 is 24.2 Å². The molecule has 0 saturated carbocycles. The van der Waals surface area contributed by atoms with Crippen molar-refractivity contribution in [3.63, 3.8) is 0 Å². The summed E-state index contributed by atoms with van der Waals surface area (Å²) in [5.74, 6) is -1.51. The van der Waals surface area contributed by atoms with Crippen LogP contribution < -0.4 is 0 Å². The van der Waals surface area contributed by atoms with Crippen molar-refractivity contribution in [1.82, 2.24) is 0 Å². The van der Waals surface area contributed by atoms with Crippen molar-refractivity contribution in [2.75, 3.05) is 26.4 Å². The fourth-order valence-electron chi connectivity index (χ4n) is 8.40. The Labute approximate surface area is 465 Å². The summed E-state index contributed by atoms with van der Waals surface area (Å²) in [5.41, 5.74) is 0. The molecular formula is C64H113O11P. The van der Waals surface area contributed by atoms with Crippen LogP contribution in [-0.4, -0.2) is 66.5 Å². The van der Waals surface area contributed by atoms with Crippen LogP contribution in [0.1, 0.15) is 278 Å². The highest BCUT2D eigenvalue weighted by Crippen LogP contribution is 2.43. The Bertz CT molecular complexity index is 1550. The molecule has 0 bridgehead atoms. The summed E-state index contributed by atoms with van der Waals surface area (Å²) in [6, 6.07) is 0. The molecule has 0 aliphatic carbocycles. The SMILES string of the molecule is CC/C=C\C/C=C\C/C=C\C/C=C\CCCCC(=O)OC(CO)COP(=O)(O)OCC(COC(=O)CCCCCCCCC/C=C\CCCCCCCC)OC(=O)CCCCCCCCC/C=C\CCCCCCCC. The van der Waals surface area contributed by atoms with Gasteiger partial charge in [-0.25, -0.2) is 4.57 Å². The maximum absolute atomic E-state index is 12.9. The molecule has 0 aliphatic heterocycles. The summed E-state index contributed by atoms with van der Waals surface area (Å²) in [6.07, 6.45) is 65.7. The molecule has 3 atom stereocenters. The van der Waals surface area contributed by atoms with E-state index in [0.29, 0.717) is 19.3 Å². The number of unbranched alkanes of at least 4 members (excludes halogenated alkanes) is 28. The molecule has 12 heteroatoms. The van der Waals surface area contributed by atoms with Gasteiger partial charge in [-0.2, -0.15) is 0 Å². The lowest BCUT2D eigenvalue weighted by molar-refractivity contribution is -0.161. The van der Waals surface area contributed by atoms with Crippen molar-refractivity contribution >= 4 is 25.7 Å². The molecule has 0 rings (SSSR count). The summed E-state index contributed by atoms with van der Waals surface area (Å²) in [6.45, 7) is 4.50. The Hall–Kier alpha value is -3.08. The van der Waals surface area contributed by atoms with Crippen molar-refractivity contribution < 1.29 is 52.2 Å². The van der Waals surface area contributed by atoms with Crippen molar-refractivity contribution in [1.29, 1.82) is 0 Å². The van der Waals surface area contributed by atoms with E-state index in [-0.39, 0.29) is 25.9 Å². The second kappa shape index (κ2) is 58.1. The lowest BCUT2D eigenvalue weighted by atomic mass is 10.1. The van der Waals surface area contributed by atoms with Crippen LogP contribution in [-0.2, 0) is 42.2 Å². The number of phosphoric ester groups is 1. The fraction of sp³-hybridized carbons (Fsp3) is 0.766. The molecule has 0 spiro atoms. The number of hydrogen-bond acceptors (Lipinski definition) is 10. The topological polar surface area (TPSA) is 155 Å². The first-order valence-electron chi connectivity index (χ1n) is 30.8. The number of aliphatic hydroxyl groups excluding tert-OH is 1. The maximum atomic E-state index is 12.9. The number of rotatable bonds is 57. The second-order valence-corrected chi connectivity index (χ2v) is 21.9. The molecule has 0 fully saturated rings.